The molecule has 0 amide bonds. The molecule has 1 N–H and O–H groups in total. The van der Waals surface area contributed by atoms with Crippen LogP contribution in [0.1, 0.15) is 49.7 Å². The van der Waals surface area contributed by atoms with Gasteiger partial charge in [0.1, 0.15) is 5.75 Å². The Kier molecular flexibility index (Phi) is 4.34. The summed E-state index contributed by atoms with van der Waals surface area (Å²) >= 11 is 0. The second-order valence-electron chi connectivity index (χ2n) is 10.2. The molecule has 0 radical (unpaired) electrons. The zero-order chi connectivity index (χ0) is 21.0. The molecule has 0 spiro atoms. The van der Waals surface area contributed by atoms with Crippen molar-refractivity contribution in [2.24, 2.45) is 22.9 Å². The fourth-order valence-corrected chi connectivity index (χ4v) is 7.33. The number of hydrogen-bond donors (Lipinski definition) is 1. The van der Waals surface area contributed by atoms with E-state index in [9.17, 15) is 0 Å². The number of oxime groups is 1. The maximum atomic E-state index is 8.80. The topological polar surface area (TPSA) is 41.8 Å². The minimum absolute atomic E-state index is 0.311. The van der Waals surface area contributed by atoms with Gasteiger partial charge in [-0.15, -0.1) is 0 Å². The molecule has 0 atom stereocenters. The Hall–Kier alpha value is -2.81. The molecule has 0 aromatic heterocycles. The second kappa shape index (κ2) is 7.12. The molecule has 7 rings (SSSR count). The van der Waals surface area contributed by atoms with Crippen LogP contribution in [0.3, 0.4) is 0 Å². The number of rotatable bonds is 4. The molecule has 3 heteroatoms. The predicted octanol–water partition coefficient (Wildman–Crippen LogP) is 6.79. The van der Waals surface area contributed by atoms with Crippen LogP contribution < -0.4 is 4.74 Å². The van der Waals surface area contributed by atoms with Crippen molar-refractivity contribution in [3.05, 3.63) is 65.7 Å². The lowest BCUT2D eigenvalue weighted by molar-refractivity contribution is -0.00613. The summed E-state index contributed by atoms with van der Waals surface area (Å²) in [5.74, 6) is 3.81. The van der Waals surface area contributed by atoms with Gasteiger partial charge in [0.15, 0.2) is 0 Å². The minimum atomic E-state index is 0.311. The number of hydrogen-bond acceptors (Lipinski definition) is 3. The highest BCUT2D eigenvalue weighted by atomic mass is 16.5. The van der Waals surface area contributed by atoms with Crippen molar-refractivity contribution >= 4 is 17.0 Å². The fraction of sp³-hybridized carbons (Fsp3) is 0.393. The first-order valence-corrected chi connectivity index (χ1v) is 11.6. The molecule has 4 aliphatic carbocycles. The van der Waals surface area contributed by atoms with Crippen LogP contribution in [0.25, 0.3) is 21.9 Å². The first-order valence-electron chi connectivity index (χ1n) is 11.6. The SMILES string of the molecule is COc1ccc(-c2ccc3cc(/C=N/O)ccc3c2)cc1C12CC3CC(CC(C3)C1)C2. The number of nitrogens with zero attached hydrogens (tertiary/aromatic N) is 1. The summed E-state index contributed by atoms with van der Waals surface area (Å²) in [6.45, 7) is 0. The molecule has 0 aliphatic heterocycles. The van der Waals surface area contributed by atoms with E-state index >= 15 is 0 Å². The quantitative estimate of drug-likeness (QED) is 0.292. The summed E-state index contributed by atoms with van der Waals surface area (Å²) in [4.78, 5) is 0. The predicted molar refractivity (Wildman–Crippen MR) is 125 cm³/mol. The molecule has 0 unspecified atom stereocenters. The van der Waals surface area contributed by atoms with Gasteiger partial charge in [-0.2, -0.15) is 0 Å². The van der Waals surface area contributed by atoms with E-state index in [1.54, 1.807) is 0 Å². The van der Waals surface area contributed by atoms with E-state index in [0.717, 1.165) is 34.5 Å². The van der Waals surface area contributed by atoms with Gasteiger partial charge < -0.3 is 9.94 Å². The van der Waals surface area contributed by atoms with Crippen molar-refractivity contribution in [2.45, 2.75) is 43.9 Å². The van der Waals surface area contributed by atoms with Crippen LogP contribution in [0.4, 0.5) is 0 Å². The summed E-state index contributed by atoms with van der Waals surface area (Å²) in [6.07, 6.45) is 9.84. The Labute approximate surface area is 183 Å². The molecular formula is C28H29NO2. The third kappa shape index (κ3) is 3.13. The molecule has 3 aromatic rings. The molecule has 3 nitrogen and oxygen atoms in total. The summed E-state index contributed by atoms with van der Waals surface area (Å²) < 4.78 is 5.90. The van der Waals surface area contributed by atoms with Gasteiger partial charge in [-0.25, -0.2) is 0 Å². The van der Waals surface area contributed by atoms with Crippen LogP contribution in [0.2, 0.25) is 0 Å². The third-order valence-corrected chi connectivity index (χ3v) is 8.21. The van der Waals surface area contributed by atoms with E-state index in [2.05, 4.69) is 47.6 Å². The lowest BCUT2D eigenvalue weighted by Crippen LogP contribution is -2.48. The summed E-state index contributed by atoms with van der Waals surface area (Å²) in [7, 11) is 1.82. The normalized spacial score (nSPS) is 29.1. The van der Waals surface area contributed by atoms with Gasteiger partial charge in [-0.1, -0.05) is 35.5 Å². The smallest absolute Gasteiger partial charge is 0.122 e. The van der Waals surface area contributed by atoms with Gasteiger partial charge in [0.25, 0.3) is 0 Å². The van der Waals surface area contributed by atoms with E-state index in [-0.39, 0.29) is 0 Å². The first-order chi connectivity index (χ1) is 15.2. The average molecular weight is 412 g/mol. The zero-order valence-corrected chi connectivity index (χ0v) is 18.1. The molecule has 31 heavy (non-hydrogen) atoms. The maximum Gasteiger partial charge on any atom is 0.122 e. The van der Waals surface area contributed by atoms with Gasteiger partial charge in [-0.3, -0.25) is 0 Å². The van der Waals surface area contributed by atoms with Crippen molar-refractivity contribution in [2.75, 3.05) is 7.11 Å². The monoisotopic (exact) mass is 411 g/mol. The standard InChI is InChI=1S/C28H29NO2/c1-31-27-7-6-25(24-5-4-22-11-18(17-29-30)2-3-23(22)12-24)13-26(27)28-14-19-8-20(15-28)10-21(9-19)16-28/h2-7,11-13,17,19-21,30H,8-10,14-16H2,1H3/b29-17+. The van der Waals surface area contributed by atoms with Gasteiger partial charge in [0.2, 0.25) is 0 Å². The van der Waals surface area contributed by atoms with E-state index in [1.165, 1.54) is 66.8 Å². The van der Waals surface area contributed by atoms with Crippen LogP contribution in [-0.2, 0) is 5.41 Å². The van der Waals surface area contributed by atoms with Crippen LogP contribution in [0.15, 0.2) is 59.8 Å². The Balaban J connectivity index is 1.42. The largest absolute Gasteiger partial charge is 0.496 e. The van der Waals surface area contributed by atoms with E-state index < -0.39 is 0 Å². The van der Waals surface area contributed by atoms with Gasteiger partial charge in [-0.05, 0) is 113 Å². The van der Waals surface area contributed by atoms with Crippen LogP contribution >= 0.6 is 0 Å². The number of fused-ring (bicyclic) bond motifs is 1. The maximum absolute atomic E-state index is 8.80. The zero-order valence-electron chi connectivity index (χ0n) is 18.1. The summed E-state index contributed by atoms with van der Waals surface area (Å²) in [5, 5.41) is 14.3. The summed E-state index contributed by atoms with van der Waals surface area (Å²) in [5.41, 5.74) is 5.17. The third-order valence-electron chi connectivity index (χ3n) is 8.21. The van der Waals surface area contributed by atoms with Crippen LogP contribution in [0.5, 0.6) is 5.75 Å². The van der Waals surface area contributed by atoms with Crippen LogP contribution in [-0.4, -0.2) is 18.5 Å². The van der Waals surface area contributed by atoms with Crippen molar-refractivity contribution in [1.29, 1.82) is 0 Å². The molecule has 0 saturated heterocycles. The molecule has 4 saturated carbocycles. The van der Waals surface area contributed by atoms with Crippen molar-refractivity contribution < 1.29 is 9.94 Å². The Morgan fingerprint density at radius 3 is 2.13 bits per heavy atom. The van der Waals surface area contributed by atoms with Crippen LogP contribution in [0, 0.1) is 17.8 Å². The average Bonchev–Trinajstić information content (AvgIpc) is 2.77. The highest BCUT2D eigenvalue weighted by molar-refractivity contribution is 5.92. The van der Waals surface area contributed by atoms with Gasteiger partial charge in [0.05, 0.1) is 13.3 Å². The molecule has 4 fully saturated rings. The molecule has 4 aliphatic rings. The fourth-order valence-electron chi connectivity index (χ4n) is 7.33. The van der Waals surface area contributed by atoms with Gasteiger partial charge >= 0.3 is 0 Å². The molecule has 3 aromatic carbocycles. The molecular weight excluding hydrogens is 382 g/mol. The van der Waals surface area contributed by atoms with E-state index in [4.69, 9.17) is 9.94 Å². The number of methoxy groups -OCH3 is 1. The Bertz CT molecular complexity index is 1140. The van der Waals surface area contributed by atoms with E-state index in [1.807, 2.05) is 19.2 Å². The van der Waals surface area contributed by atoms with Gasteiger partial charge in [0, 0.05) is 5.56 Å². The Morgan fingerprint density at radius 2 is 1.45 bits per heavy atom. The summed E-state index contributed by atoms with van der Waals surface area (Å²) in [6, 6.07) is 19.6. The molecule has 0 heterocycles. The molecule has 4 bridgehead atoms. The minimum Gasteiger partial charge on any atom is -0.496 e. The van der Waals surface area contributed by atoms with Crippen molar-refractivity contribution in [3.8, 4) is 16.9 Å². The first kappa shape index (κ1) is 18.9. The lowest BCUT2D eigenvalue weighted by Gasteiger charge is -2.57. The highest BCUT2D eigenvalue weighted by Crippen LogP contribution is 2.62. The van der Waals surface area contributed by atoms with E-state index in [0.29, 0.717) is 5.41 Å². The molecule has 158 valence electrons. The van der Waals surface area contributed by atoms with Crippen molar-refractivity contribution in [1.82, 2.24) is 0 Å². The number of benzene rings is 3. The number of ether oxygens (including phenoxy) is 1. The highest BCUT2D eigenvalue weighted by Gasteiger charge is 2.52. The lowest BCUT2D eigenvalue weighted by atomic mass is 9.48. The second-order valence-corrected chi connectivity index (χ2v) is 10.2. The van der Waals surface area contributed by atoms with Crippen molar-refractivity contribution in [3.63, 3.8) is 0 Å². The Morgan fingerprint density at radius 1 is 0.839 bits per heavy atom.